The fourth-order valence-electron chi connectivity index (χ4n) is 2.53. The lowest BCUT2D eigenvalue weighted by atomic mass is 10.1. The molecule has 4 heterocycles. The minimum absolute atomic E-state index is 0.0843. The van der Waals surface area contributed by atoms with Gasteiger partial charge in [-0.25, -0.2) is 9.37 Å². The highest BCUT2D eigenvalue weighted by Gasteiger charge is 2.23. The fraction of sp³-hybridized carbons (Fsp3) is 0.0588. The molecule has 0 aliphatic carbocycles. The Morgan fingerprint density at radius 3 is 2.88 bits per heavy atom. The molecular formula is C17H10FN3O3S2. The summed E-state index contributed by atoms with van der Waals surface area (Å²) in [4.78, 5) is 20.3. The first-order valence-electron chi connectivity index (χ1n) is 7.37. The third kappa shape index (κ3) is 2.95. The van der Waals surface area contributed by atoms with Crippen LogP contribution in [-0.2, 0) is 4.79 Å². The Labute approximate surface area is 156 Å². The minimum Gasteiger partial charge on any atom is -0.479 e. The lowest BCUT2D eigenvalue weighted by molar-refractivity contribution is -0.115. The summed E-state index contributed by atoms with van der Waals surface area (Å²) in [7, 11) is 1.35. The molecule has 26 heavy (non-hydrogen) atoms. The van der Waals surface area contributed by atoms with E-state index in [4.69, 9.17) is 21.4 Å². The van der Waals surface area contributed by atoms with Crippen LogP contribution in [0.5, 0.6) is 5.88 Å². The molecule has 0 aromatic carbocycles. The van der Waals surface area contributed by atoms with Crippen molar-refractivity contribution < 1.29 is 18.3 Å². The average Bonchev–Trinajstić information content (AvgIpc) is 3.16. The van der Waals surface area contributed by atoms with E-state index >= 15 is 0 Å². The molecule has 9 heteroatoms. The van der Waals surface area contributed by atoms with Crippen LogP contribution in [0, 0.1) is 5.82 Å². The SMILES string of the molecule is COc1ncc(-c2cncc3cc(C=C4SC(=S)NC4=O)oc23)cc1F. The summed E-state index contributed by atoms with van der Waals surface area (Å²) in [6.45, 7) is 0. The maximum absolute atomic E-state index is 14.0. The third-order valence-corrected chi connectivity index (χ3v) is 4.83. The summed E-state index contributed by atoms with van der Waals surface area (Å²) in [6.07, 6.45) is 6.29. The standard InChI is InChI=1S/C17H10FN3O3S2/c1-23-16-12(18)3-8(6-20-16)11-7-19-5-9-2-10(24-14(9)11)4-13-15(22)21-17(25)26-13/h2-7H,1H3,(H,21,22,25). The van der Waals surface area contributed by atoms with Gasteiger partial charge in [0.05, 0.1) is 12.0 Å². The van der Waals surface area contributed by atoms with Crippen LogP contribution < -0.4 is 10.1 Å². The van der Waals surface area contributed by atoms with E-state index in [2.05, 4.69) is 15.3 Å². The van der Waals surface area contributed by atoms with Gasteiger partial charge in [0, 0.05) is 41.2 Å². The number of halogens is 1. The summed E-state index contributed by atoms with van der Waals surface area (Å²) in [5.41, 5.74) is 1.61. The molecule has 1 aliphatic heterocycles. The number of rotatable bonds is 3. The van der Waals surface area contributed by atoms with Crippen LogP contribution in [0.2, 0.25) is 0 Å². The highest BCUT2D eigenvalue weighted by atomic mass is 32.2. The number of nitrogens with zero attached hydrogens (tertiary/aromatic N) is 2. The van der Waals surface area contributed by atoms with Crippen LogP contribution in [0.4, 0.5) is 4.39 Å². The molecule has 3 aromatic rings. The highest BCUT2D eigenvalue weighted by molar-refractivity contribution is 8.26. The van der Waals surface area contributed by atoms with Crippen LogP contribution >= 0.6 is 24.0 Å². The third-order valence-electron chi connectivity index (χ3n) is 3.67. The molecule has 0 unspecified atom stereocenters. The summed E-state index contributed by atoms with van der Waals surface area (Å²) in [5.74, 6) is -0.457. The van der Waals surface area contributed by atoms with Crippen molar-refractivity contribution in [1.82, 2.24) is 15.3 Å². The first-order chi connectivity index (χ1) is 12.5. The van der Waals surface area contributed by atoms with E-state index in [1.165, 1.54) is 31.1 Å². The fourth-order valence-corrected chi connectivity index (χ4v) is 3.56. The monoisotopic (exact) mass is 387 g/mol. The number of fused-ring (bicyclic) bond motifs is 1. The maximum atomic E-state index is 14.0. The molecule has 1 fully saturated rings. The van der Waals surface area contributed by atoms with Gasteiger partial charge in [0.2, 0.25) is 5.88 Å². The van der Waals surface area contributed by atoms with E-state index in [0.717, 1.165) is 5.39 Å². The lowest BCUT2D eigenvalue weighted by Crippen LogP contribution is -2.17. The van der Waals surface area contributed by atoms with Crippen molar-refractivity contribution in [3.05, 3.63) is 47.2 Å². The molecular weight excluding hydrogens is 377 g/mol. The van der Waals surface area contributed by atoms with Crippen molar-refractivity contribution in [1.29, 1.82) is 0 Å². The number of aromatic nitrogens is 2. The number of hydrogen-bond acceptors (Lipinski definition) is 7. The van der Waals surface area contributed by atoms with Crippen LogP contribution in [0.3, 0.4) is 0 Å². The van der Waals surface area contributed by atoms with Gasteiger partial charge in [0.1, 0.15) is 15.7 Å². The van der Waals surface area contributed by atoms with E-state index in [0.29, 0.717) is 31.7 Å². The molecule has 0 atom stereocenters. The van der Waals surface area contributed by atoms with Crippen molar-refractivity contribution in [3.8, 4) is 17.0 Å². The van der Waals surface area contributed by atoms with Crippen molar-refractivity contribution in [2.45, 2.75) is 0 Å². The first-order valence-corrected chi connectivity index (χ1v) is 8.60. The normalized spacial score (nSPS) is 15.7. The van der Waals surface area contributed by atoms with Crippen molar-refractivity contribution in [3.63, 3.8) is 0 Å². The van der Waals surface area contributed by atoms with Crippen LogP contribution in [0.25, 0.3) is 28.2 Å². The number of thiocarbonyl (C=S) groups is 1. The molecule has 0 spiro atoms. The molecule has 1 N–H and O–H groups in total. The Hall–Kier alpha value is -2.78. The number of carbonyl (C=O) groups is 1. The molecule has 0 saturated carbocycles. The zero-order chi connectivity index (χ0) is 18.3. The van der Waals surface area contributed by atoms with Gasteiger partial charge in [-0.3, -0.25) is 9.78 Å². The topological polar surface area (TPSA) is 77.3 Å². The number of carbonyl (C=O) groups excluding carboxylic acids is 1. The van der Waals surface area contributed by atoms with Gasteiger partial charge in [0.25, 0.3) is 5.91 Å². The summed E-state index contributed by atoms with van der Waals surface area (Å²) < 4.78 is 25.1. The Morgan fingerprint density at radius 2 is 2.19 bits per heavy atom. The van der Waals surface area contributed by atoms with Gasteiger partial charge in [-0.15, -0.1) is 0 Å². The molecule has 4 rings (SSSR count). The van der Waals surface area contributed by atoms with Gasteiger partial charge in [-0.1, -0.05) is 24.0 Å². The second-order valence-electron chi connectivity index (χ2n) is 5.32. The second kappa shape index (κ2) is 6.50. The van der Waals surface area contributed by atoms with Gasteiger partial charge < -0.3 is 14.5 Å². The van der Waals surface area contributed by atoms with E-state index in [-0.39, 0.29) is 11.8 Å². The Balaban J connectivity index is 1.79. The maximum Gasteiger partial charge on any atom is 0.263 e. The van der Waals surface area contributed by atoms with Crippen LogP contribution in [0.1, 0.15) is 5.76 Å². The Bertz CT molecular complexity index is 1090. The predicted octanol–water partition coefficient (Wildman–Crippen LogP) is 3.53. The zero-order valence-corrected chi connectivity index (χ0v) is 14.9. The molecule has 1 saturated heterocycles. The molecule has 1 aliphatic rings. The molecule has 130 valence electrons. The molecule has 3 aromatic heterocycles. The first kappa shape index (κ1) is 16.7. The van der Waals surface area contributed by atoms with E-state index < -0.39 is 5.82 Å². The van der Waals surface area contributed by atoms with Crippen molar-refractivity contribution in [2.24, 2.45) is 0 Å². The smallest absolute Gasteiger partial charge is 0.263 e. The Morgan fingerprint density at radius 1 is 1.35 bits per heavy atom. The summed E-state index contributed by atoms with van der Waals surface area (Å²) >= 11 is 6.14. The average molecular weight is 387 g/mol. The number of amides is 1. The molecule has 6 nitrogen and oxygen atoms in total. The number of hydrogen-bond donors (Lipinski definition) is 1. The van der Waals surface area contributed by atoms with Crippen LogP contribution in [-0.4, -0.2) is 27.3 Å². The van der Waals surface area contributed by atoms with E-state index in [1.54, 1.807) is 24.5 Å². The quantitative estimate of drug-likeness (QED) is 0.544. The van der Waals surface area contributed by atoms with Crippen molar-refractivity contribution >= 4 is 51.3 Å². The van der Waals surface area contributed by atoms with Gasteiger partial charge in [0.15, 0.2) is 5.82 Å². The Kier molecular flexibility index (Phi) is 4.17. The number of ether oxygens (including phenoxy) is 1. The predicted molar refractivity (Wildman–Crippen MR) is 100 cm³/mol. The van der Waals surface area contributed by atoms with Crippen molar-refractivity contribution in [2.75, 3.05) is 7.11 Å². The number of methoxy groups -OCH3 is 1. The number of nitrogens with one attached hydrogen (secondary N) is 1. The number of furan rings is 1. The van der Waals surface area contributed by atoms with Gasteiger partial charge >= 0.3 is 0 Å². The zero-order valence-electron chi connectivity index (χ0n) is 13.3. The number of pyridine rings is 2. The van der Waals surface area contributed by atoms with Gasteiger partial charge in [-0.05, 0) is 12.1 Å². The molecule has 0 bridgehead atoms. The largest absolute Gasteiger partial charge is 0.479 e. The summed E-state index contributed by atoms with van der Waals surface area (Å²) in [5, 5.41) is 3.27. The number of thioether (sulfide) groups is 1. The summed E-state index contributed by atoms with van der Waals surface area (Å²) in [6, 6.07) is 3.06. The minimum atomic E-state index is -0.580. The molecule has 1 amide bonds. The lowest BCUT2D eigenvalue weighted by Gasteiger charge is -2.04. The van der Waals surface area contributed by atoms with E-state index in [1.807, 2.05) is 0 Å². The second-order valence-corrected chi connectivity index (χ2v) is 7.04. The highest BCUT2D eigenvalue weighted by Crippen LogP contribution is 2.33. The van der Waals surface area contributed by atoms with Gasteiger partial charge in [-0.2, -0.15) is 0 Å². The molecule has 0 radical (unpaired) electrons. The van der Waals surface area contributed by atoms with E-state index in [9.17, 15) is 9.18 Å². The van der Waals surface area contributed by atoms with Crippen LogP contribution in [0.15, 0.2) is 40.0 Å².